The van der Waals surface area contributed by atoms with Gasteiger partial charge in [0.05, 0.1) is 16.6 Å². The number of nitrogens with one attached hydrogen (secondary N) is 1. The van der Waals surface area contributed by atoms with Gasteiger partial charge in [0.1, 0.15) is 5.69 Å². The normalized spacial score (nSPS) is 9.95. The number of nitro groups is 1. The van der Waals surface area contributed by atoms with Gasteiger partial charge in [-0.1, -0.05) is 0 Å². The Hall–Kier alpha value is -2.88. The lowest BCUT2D eigenvalue weighted by Gasteiger charge is -2.07. The van der Waals surface area contributed by atoms with Gasteiger partial charge in [-0.25, -0.2) is 0 Å². The second kappa shape index (κ2) is 6.33. The van der Waals surface area contributed by atoms with Crippen molar-refractivity contribution >= 4 is 11.4 Å². The molecule has 7 heteroatoms. The number of rotatable bonds is 6. The number of nitriles is 1. The molecule has 0 fully saturated rings. The number of aromatic nitrogens is 2. The highest BCUT2D eigenvalue weighted by Gasteiger charge is 2.13. The molecule has 0 radical (unpaired) electrons. The number of nitro benzene ring substituents is 1. The van der Waals surface area contributed by atoms with Gasteiger partial charge in [0.2, 0.25) is 0 Å². The molecule has 7 nitrogen and oxygen atoms in total. The second-order valence-corrected chi connectivity index (χ2v) is 4.15. The van der Waals surface area contributed by atoms with Gasteiger partial charge in [-0.2, -0.15) is 10.4 Å². The van der Waals surface area contributed by atoms with E-state index in [0.717, 1.165) is 13.0 Å². The molecule has 0 aliphatic rings. The summed E-state index contributed by atoms with van der Waals surface area (Å²) in [4.78, 5) is 10.4. The summed E-state index contributed by atoms with van der Waals surface area (Å²) in [6.45, 7) is 1.29. The number of anilines is 1. The molecule has 2 aromatic rings. The molecule has 0 bridgehead atoms. The molecule has 2 rings (SSSR count). The predicted molar refractivity (Wildman–Crippen MR) is 73.1 cm³/mol. The van der Waals surface area contributed by atoms with Crippen molar-refractivity contribution in [2.45, 2.75) is 13.0 Å². The van der Waals surface area contributed by atoms with E-state index in [1.54, 1.807) is 10.9 Å². The first-order chi connectivity index (χ1) is 9.70. The van der Waals surface area contributed by atoms with E-state index in [-0.39, 0.29) is 5.69 Å². The minimum absolute atomic E-state index is 0.0249. The van der Waals surface area contributed by atoms with Crippen molar-refractivity contribution in [2.24, 2.45) is 0 Å². The maximum absolute atomic E-state index is 10.9. The van der Waals surface area contributed by atoms with Crippen molar-refractivity contribution in [1.29, 1.82) is 5.26 Å². The second-order valence-electron chi connectivity index (χ2n) is 4.15. The Morgan fingerprint density at radius 2 is 2.35 bits per heavy atom. The molecular formula is C13H13N5O2. The fourth-order valence-electron chi connectivity index (χ4n) is 1.80. The molecule has 0 aliphatic carbocycles. The molecule has 0 spiro atoms. The first kappa shape index (κ1) is 13.5. The van der Waals surface area contributed by atoms with Crippen molar-refractivity contribution in [3.05, 3.63) is 52.3 Å². The molecule has 20 heavy (non-hydrogen) atoms. The van der Waals surface area contributed by atoms with Crippen LogP contribution in [0.5, 0.6) is 0 Å². The van der Waals surface area contributed by atoms with Gasteiger partial charge in [0.15, 0.2) is 0 Å². The summed E-state index contributed by atoms with van der Waals surface area (Å²) < 4.78 is 1.79. The van der Waals surface area contributed by atoms with Crippen LogP contribution in [0.2, 0.25) is 0 Å². The maximum atomic E-state index is 10.9. The third kappa shape index (κ3) is 3.32. The van der Waals surface area contributed by atoms with Crippen molar-refractivity contribution < 1.29 is 4.92 Å². The zero-order valence-corrected chi connectivity index (χ0v) is 10.7. The summed E-state index contributed by atoms with van der Waals surface area (Å²) in [5, 5.41) is 26.8. The van der Waals surface area contributed by atoms with Crippen LogP contribution in [0.1, 0.15) is 12.0 Å². The van der Waals surface area contributed by atoms with Gasteiger partial charge in [0.25, 0.3) is 5.69 Å². The Bertz CT molecular complexity index is 631. The van der Waals surface area contributed by atoms with E-state index in [4.69, 9.17) is 5.26 Å². The van der Waals surface area contributed by atoms with Crippen LogP contribution < -0.4 is 5.32 Å². The van der Waals surface area contributed by atoms with Crippen LogP contribution in [0.15, 0.2) is 36.7 Å². The molecule has 0 saturated carbocycles. The Labute approximate surface area is 115 Å². The van der Waals surface area contributed by atoms with Gasteiger partial charge in [-0.05, 0) is 24.6 Å². The van der Waals surface area contributed by atoms with Crippen molar-refractivity contribution in [3.63, 3.8) is 0 Å². The summed E-state index contributed by atoms with van der Waals surface area (Å²) in [5.41, 5.74) is 0.739. The van der Waals surface area contributed by atoms with Crippen LogP contribution in [0.4, 0.5) is 11.4 Å². The average molecular weight is 271 g/mol. The fourth-order valence-corrected chi connectivity index (χ4v) is 1.80. The first-order valence-corrected chi connectivity index (χ1v) is 6.10. The van der Waals surface area contributed by atoms with Gasteiger partial charge in [-0.15, -0.1) is 0 Å². The Balaban J connectivity index is 1.97. The van der Waals surface area contributed by atoms with Crippen LogP contribution in [-0.4, -0.2) is 21.2 Å². The van der Waals surface area contributed by atoms with E-state index >= 15 is 0 Å². The summed E-state index contributed by atoms with van der Waals surface area (Å²) in [5.74, 6) is 0. The van der Waals surface area contributed by atoms with Crippen LogP contribution in [-0.2, 0) is 6.54 Å². The minimum Gasteiger partial charge on any atom is -0.379 e. The van der Waals surface area contributed by atoms with E-state index in [1.807, 2.05) is 18.3 Å². The van der Waals surface area contributed by atoms with E-state index < -0.39 is 4.92 Å². The number of hydrogen-bond acceptors (Lipinski definition) is 5. The smallest absolute Gasteiger partial charge is 0.292 e. The molecule has 1 heterocycles. The highest BCUT2D eigenvalue weighted by molar-refractivity contribution is 5.64. The molecule has 1 aromatic carbocycles. The number of benzene rings is 1. The Kier molecular flexibility index (Phi) is 4.29. The van der Waals surface area contributed by atoms with E-state index in [1.165, 1.54) is 18.2 Å². The predicted octanol–water partition coefficient (Wildman–Crippen LogP) is 2.17. The topological polar surface area (TPSA) is 96.8 Å². The largest absolute Gasteiger partial charge is 0.379 e. The standard InChI is InChI=1S/C13H13N5O2/c14-10-11-3-4-13(18(19)20)12(9-11)15-5-1-7-17-8-2-6-16-17/h2-4,6,8-9,15H,1,5,7H2. The summed E-state index contributed by atoms with van der Waals surface area (Å²) in [6, 6.07) is 8.08. The molecule has 0 atom stereocenters. The van der Waals surface area contributed by atoms with Crippen molar-refractivity contribution in [3.8, 4) is 6.07 Å². The van der Waals surface area contributed by atoms with Crippen LogP contribution >= 0.6 is 0 Å². The maximum Gasteiger partial charge on any atom is 0.292 e. The molecular weight excluding hydrogens is 258 g/mol. The molecule has 1 N–H and O–H groups in total. The van der Waals surface area contributed by atoms with E-state index in [2.05, 4.69) is 10.4 Å². The van der Waals surface area contributed by atoms with E-state index in [9.17, 15) is 10.1 Å². The van der Waals surface area contributed by atoms with Crippen LogP contribution in [0, 0.1) is 21.4 Å². The number of nitrogens with zero attached hydrogens (tertiary/aromatic N) is 4. The molecule has 0 saturated heterocycles. The molecule has 102 valence electrons. The highest BCUT2D eigenvalue weighted by Crippen LogP contribution is 2.25. The highest BCUT2D eigenvalue weighted by atomic mass is 16.6. The van der Waals surface area contributed by atoms with Crippen LogP contribution in [0.25, 0.3) is 0 Å². The first-order valence-electron chi connectivity index (χ1n) is 6.10. The third-order valence-electron chi connectivity index (χ3n) is 2.76. The molecule has 0 amide bonds. The molecule has 1 aromatic heterocycles. The van der Waals surface area contributed by atoms with Gasteiger partial charge >= 0.3 is 0 Å². The zero-order valence-electron chi connectivity index (χ0n) is 10.7. The quantitative estimate of drug-likeness (QED) is 0.493. The Morgan fingerprint density at radius 1 is 1.50 bits per heavy atom. The van der Waals surface area contributed by atoms with Gasteiger partial charge < -0.3 is 5.32 Å². The van der Waals surface area contributed by atoms with Crippen LogP contribution in [0.3, 0.4) is 0 Å². The number of aryl methyl sites for hydroxylation is 1. The van der Waals surface area contributed by atoms with Gasteiger partial charge in [0, 0.05) is 31.5 Å². The third-order valence-corrected chi connectivity index (χ3v) is 2.76. The lowest BCUT2D eigenvalue weighted by molar-refractivity contribution is -0.384. The van der Waals surface area contributed by atoms with Gasteiger partial charge in [-0.3, -0.25) is 14.8 Å². The van der Waals surface area contributed by atoms with Crippen molar-refractivity contribution in [2.75, 3.05) is 11.9 Å². The lowest BCUT2D eigenvalue weighted by Crippen LogP contribution is -2.08. The minimum atomic E-state index is -0.461. The summed E-state index contributed by atoms with van der Waals surface area (Å²) in [6.07, 6.45) is 4.34. The monoisotopic (exact) mass is 271 g/mol. The molecule has 0 unspecified atom stereocenters. The average Bonchev–Trinajstić information content (AvgIpc) is 2.96. The zero-order chi connectivity index (χ0) is 14.4. The fraction of sp³-hybridized carbons (Fsp3) is 0.231. The summed E-state index contributed by atoms with van der Waals surface area (Å²) >= 11 is 0. The summed E-state index contributed by atoms with van der Waals surface area (Å²) in [7, 11) is 0. The lowest BCUT2D eigenvalue weighted by atomic mass is 10.2. The van der Waals surface area contributed by atoms with Crippen molar-refractivity contribution in [1.82, 2.24) is 9.78 Å². The Morgan fingerprint density at radius 3 is 3.00 bits per heavy atom. The van der Waals surface area contributed by atoms with E-state index in [0.29, 0.717) is 17.8 Å². The molecule has 0 aliphatic heterocycles. The SMILES string of the molecule is N#Cc1ccc([N+](=O)[O-])c(NCCCn2cccn2)c1. The number of hydrogen-bond donors (Lipinski definition) is 1.